The first-order valence-electron chi connectivity index (χ1n) is 4.23. The second kappa shape index (κ2) is 3.84. The number of ether oxygens (including phenoxy) is 1. The van der Waals surface area contributed by atoms with E-state index in [-0.39, 0.29) is 0 Å². The fourth-order valence-electron chi connectivity index (χ4n) is 1.16. The number of carbonyl (C=O) groups excluding carboxylic acids is 1. The lowest BCUT2D eigenvalue weighted by Gasteiger charge is -1.90. The van der Waals surface area contributed by atoms with E-state index in [2.05, 4.69) is 21.6 Å². The molecule has 0 aliphatic carbocycles. The maximum atomic E-state index is 10.8. The molecule has 0 spiro atoms. The van der Waals surface area contributed by atoms with Crippen LogP contribution in [0.5, 0.6) is 0 Å². The molecule has 0 fully saturated rings. The molecule has 2 aromatic rings. The highest BCUT2D eigenvalue weighted by Gasteiger charge is 2.01. The first-order chi connectivity index (χ1) is 7.31. The van der Waals surface area contributed by atoms with Crippen LogP contribution in [0.2, 0.25) is 0 Å². The fourth-order valence-corrected chi connectivity index (χ4v) is 1.16. The summed E-state index contributed by atoms with van der Waals surface area (Å²) in [4.78, 5) is 14.9. The van der Waals surface area contributed by atoms with E-state index < -0.39 is 5.97 Å². The minimum absolute atomic E-state index is 0.506. The molecule has 74 valence electrons. The van der Waals surface area contributed by atoms with Crippen molar-refractivity contribution in [3.63, 3.8) is 0 Å². The van der Waals surface area contributed by atoms with Gasteiger partial charge in [0, 0.05) is 12.1 Å². The van der Waals surface area contributed by atoms with Gasteiger partial charge in [-0.25, -0.2) is 9.78 Å². The van der Waals surface area contributed by atoms with E-state index in [9.17, 15) is 4.79 Å². The van der Waals surface area contributed by atoms with Gasteiger partial charge < -0.3 is 9.15 Å². The van der Waals surface area contributed by atoms with E-state index in [4.69, 9.17) is 4.42 Å². The molecule has 0 aromatic carbocycles. The predicted molar refractivity (Wildman–Crippen MR) is 52.9 cm³/mol. The summed E-state index contributed by atoms with van der Waals surface area (Å²) in [5, 5.41) is 0.786. The molecule has 0 amide bonds. The zero-order valence-electron chi connectivity index (χ0n) is 7.98. The number of nitrogens with zero attached hydrogens (tertiary/aromatic N) is 1. The van der Waals surface area contributed by atoms with Crippen molar-refractivity contribution >= 4 is 16.9 Å². The largest absolute Gasteiger partial charge is 0.464 e. The number of methoxy groups -OCH3 is 1. The van der Waals surface area contributed by atoms with E-state index in [0.29, 0.717) is 11.3 Å². The van der Waals surface area contributed by atoms with Crippen LogP contribution < -0.4 is 0 Å². The molecule has 0 aliphatic heterocycles. The second-order valence-corrected chi connectivity index (χ2v) is 2.73. The van der Waals surface area contributed by atoms with Gasteiger partial charge in [0.15, 0.2) is 0 Å². The molecule has 15 heavy (non-hydrogen) atoms. The Labute approximate surface area is 85.9 Å². The highest BCUT2D eigenvalue weighted by molar-refractivity contribution is 5.90. The SMILES string of the molecule is COC(=O)C#Cc1nccc2occc12. The summed E-state index contributed by atoms with van der Waals surface area (Å²) in [7, 11) is 1.28. The molecule has 0 bridgehead atoms. The van der Waals surface area contributed by atoms with Crippen molar-refractivity contribution in [1.82, 2.24) is 4.98 Å². The molecule has 0 radical (unpaired) electrons. The third kappa shape index (κ3) is 1.81. The Morgan fingerprint density at radius 2 is 2.40 bits per heavy atom. The number of furan rings is 1. The summed E-state index contributed by atoms with van der Waals surface area (Å²) in [5.74, 6) is 4.36. The average Bonchev–Trinajstić information content (AvgIpc) is 2.74. The summed E-state index contributed by atoms with van der Waals surface area (Å²) in [6.45, 7) is 0. The number of hydrogen-bond donors (Lipinski definition) is 0. The molecular formula is C11H7NO3. The van der Waals surface area contributed by atoms with E-state index >= 15 is 0 Å². The van der Waals surface area contributed by atoms with Crippen LogP contribution in [0.25, 0.3) is 11.0 Å². The number of esters is 1. The molecule has 2 heterocycles. The number of carbonyl (C=O) groups is 1. The van der Waals surface area contributed by atoms with E-state index in [1.807, 2.05) is 0 Å². The number of rotatable bonds is 0. The summed E-state index contributed by atoms with van der Waals surface area (Å²) >= 11 is 0. The van der Waals surface area contributed by atoms with Crippen LogP contribution in [0, 0.1) is 11.8 Å². The minimum Gasteiger partial charge on any atom is -0.464 e. The lowest BCUT2D eigenvalue weighted by Crippen LogP contribution is -1.94. The third-order valence-corrected chi connectivity index (χ3v) is 1.85. The standard InChI is InChI=1S/C11H7NO3/c1-14-11(13)3-2-9-8-5-7-15-10(8)4-6-12-9/h4-7H,1H3. The number of pyridine rings is 1. The zero-order chi connectivity index (χ0) is 10.7. The van der Waals surface area contributed by atoms with Crippen LogP contribution in [0.4, 0.5) is 0 Å². The predicted octanol–water partition coefficient (Wildman–Crippen LogP) is 1.35. The van der Waals surface area contributed by atoms with Crippen LogP contribution in [-0.2, 0) is 9.53 Å². The van der Waals surface area contributed by atoms with Gasteiger partial charge in [0.05, 0.1) is 18.8 Å². The summed E-state index contributed by atoms with van der Waals surface area (Å²) in [6.07, 6.45) is 3.13. The van der Waals surface area contributed by atoms with E-state index in [1.54, 1.807) is 24.6 Å². The molecule has 0 N–H and O–H groups in total. The quantitative estimate of drug-likeness (QED) is 0.477. The fraction of sp³-hybridized carbons (Fsp3) is 0.0909. The van der Waals surface area contributed by atoms with E-state index in [0.717, 1.165) is 5.39 Å². The zero-order valence-corrected chi connectivity index (χ0v) is 7.98. The van der Waals surface area contributed by atoms with Crippen molar-refractivity contribution in [1.29, 1.82) is 0 Å². The average molecular weight is 201 g/mol. The molecule has 0 saturated heterocycles. The molecule has 4 nitrogen and oxygen atoms in total. The van der Waals surface area contributed by atoms with Crippen molar-refractivity contribution in [3.05, 3.63) is 30.3 Å². The van der Waals surface area contributed by atoms with Crippen molar-refractivity contribution < 1.29 is 13.9 Å². The Kier molecular flexibility index (Phi) is 2.38. The van der Waals surface area contributed by atoms with Crippen molar-refractivity contribution in [2.45, 2.75) is 0 Å². The topological polar surface area (TPSA) is 52.3 Å². The Hall–Kier alpha value is -2.28. The van der Waals surface area contributed by atoms with Gasteiger partial charge in [-0.3, -0.25) is 0 Å². The van der Waals surface area contributed by atoms with Gasteiger partial charge in [0.25, 0.3) is 0 Å². The number of hydrogen-bond acceptors (Lipinski definition) is 4. The molecular weight excluding hydrogens is 194 g/mol. The smallest absolute Gasteiger partial charge is 0.384 e. The monoisotopic (exact) mass is 201 g/mol. The molecule has 0 aliphatic rings. The van der Waals surface area contributed by atoms with Crippen molar-refractivity contribution in [3.8, 4) is 11.8 Å². The molecule has 2 aromatic heterocycles. The maximum Gasteiger partial charge on any atom is 0.384 e. The van der Waals surface area contributed by atoms with Gasteiger partial charge in [-0.15, -0.1) is 0 Å². The summed E-state index contributed by atoms with van der Waals surface area (Å²) in [5.41, 5.74) is 1.20. The third-order valence-electron chi connectivity index (χ3n) is 1.85. The number of fused-ring (bicyclic) bond motifs is 1. The highest BCUT2D eigenvalue weighted by atomic mass is 16.5. The summed E-state index contributed by atoms with van der Waals surface area (Å²) < 4.78 is 9.57. The molecule has 0 saturated carbocycles. The van der Waals surface area contributed by atoms with Gasteiger partial charge in [0.2, 0.25) is 0 Å². The van der Waals surface area contributed by atoms with Crippen LogP contribution in [0.1, 0.15) is 5.69 Å². The van der Waals surface area contributed by atoms with Gasteiger partial charge in [-0.2, -0.15) is 0 Å². The van der Waals surface area contributed by atoms with E-state index in [1.165, 1.54) is 7.11 Å². The van der Waals surface area contributed by atoms with Crippen LogP contribution in [0.15, 0.2) is 29.0 Å². The van der Waals surface area contributed by atoms with Crippen LogP contribution in [-0.4, -0.2) is 18.1 Å². The Bertz CT molecular complexity index is 560. The second-order valence-electron chi connectivity index (χ2n) is 2.73. The molecule has 0 unspecified atom stereocenters. The van der Waals surface area contributed by atoms with Gasteiger partial charge in [0.1, 0.15) is 11.3 Å². The molecule has 2 rings (SSSR count). The highest BCUT2D eigenvalue weighted by Crippen LogP contribution is 2.16. The molecule has 4 heteroatoms. The van der Waals surface area contributed by atoms with Crippen LogP contribution >= 0.6 is 0 Å². The van der Waals surface area contributed by atoms with Gasteiger partial charge >= 0.3 is 5.97 Å². The first-order valence-corrected chi connectivity index (χ1v) is 4.23. The lowest BCUT2D eigenvalue weighted by molar-refractivity contribution is -0.133. The Balaban J connectivity index is 2.46. The maximum absolute atomic E-state index is 10.8. The number of aromatic nitrogens is 1. The van der Waals surface area contributed by atoms with Gasteiger partial charge in [-0.05, 0) is 18.1 Å². The first kappa shape index (κ1) is 9.28. The summed E-state index contributed by atoms with van der Waals surface area (Å²) in [6, 6.07) is 3.49. The minimum atomic E-state index is -0.586. The van der Waals surface area contributed by atoms with Gasteiger partial charge in [-0.1, -0.05) is 0 Å². The molecule has 0 atom stereocenters. The normalized spacial score (nSPS) is 9.40. The Morgan fingerprint density at radius 1 is 1.53 bits per heavy atom. The van der Waals surface area contributed by atoms with Crippen LogP contribution in [0.3, 0.4) is 0 Å². The van der Waals surface area contributed by atoms with Crippen molar-refractivity contribution in [2.75, 3.05) is 7.11 Å². The lowest BCUT2D eigenvalue weighted by atomic mass is 10.2. The Morgan fingerprint density at radius 3 is 3.20 bits per heavy atom. The van der Waals surface area contributed by atoms with Crippen molar-refractivity contribution in [2.24, 2.45) is 0 Å².